The summed E-state index contributed by atoms with van der Waals surface area (Å²) in [5.74, 6) is -7.46. The molecule has 25 heavy (non-hydrogen) atoms. The molecule has 0 bridgehead atoms. The molecule has 0 amide bonds. The van der Waals surface area contributed by atoms with E-state index in [1.807, 2.05) is 0 Å². The predicted octanol–water partition coefficient (Wildman–Crippen LogP) is 4.42. The largest absolute Gasteiger partial charge is 0.343 e. The van der Waals surface area contributed by atoms with Crippen molar-refractivity contribution >= 4 is 0 Å². The number of aryl methyl sites for hydroxylation is 1. The third kappa shape index (κ3) is 8.21. The van der Waals surface area contributed by atoms with Gasteiger partial charge in [-0.05, 0) is 43.4 Å². The van der Waals surface area contributed by atoms with E-state index in [1.54, 1.807) is 0 Å². The van der Waals surface area contributed by atoms with Crippen molar-refractivity contribution in [2.24, 2.45) is 5.92 Å². The SMILES string of the molecule is CCCCCCCCC(CCCc1cc(F)c(F)c(F)c1)C(O)(O)O. The zero-order valence-electron chi connectivity index (χ0n) is 14.8. The van der Waals surface area contributed by atoms with Gasteiger partial charge in [0, 0.05) is 5.92 Å². The van der Waals surface area contributed by atoms with Crippen LogP contribution in [0.1, 0.15) is 70.3 Å². The van der Waals surface area contributed by atoms with Crippen molar-refractivity contribution in [3.63, 3.8) is 0 Å². The molecule has 144 valence electrons. The number of benzene rings is 1. The first kappa shape index (κ1) is 21.9. The van der Waals surface area contributed by atoms with E-state index in [4.69, 9.17) is 0 Å². The fourth-order valence-corrected chi connectivity index (χ4v) is 3.01. The molecular formula is C19H29F3O3. The molecular weight excluding hydrogens is 333 g/mol. The Hall–Kier alpha value is -1.11. The second-order valence-electron chi connectivity index (χ2n) is 6.71. The third-order valence-electron chi connectivity index (χ3n) is 4.52. The summed E-state index contributed by atoms with van der Waals surface area (Å²) in [5.41, 5.74) is 0.300. The summed E-state index contributed by atoms with van der Waals surface area (Å²) in [6.45, 7) is 2.13. The molecule has 1 aromatic rings. The highest BCUT2D eigenvalue weighted by molar-refractivity contribution is 5.19. The maximum atomic E-state index is 13.2. The molecule has 0 aliphatic heterocycles. The topological polar surface area (TPSA) is 60.7 Å². The highest BCUT2D eigenvalue weighted by atomic mass is 19.2. The van der Waals surface area contributed by atoms with E-state index in [2.05, 4.69) is 6.92 Å². The molecule has 0 spiro atoms. The second-order valence-corrected chi connectivity index (χ2v) is 6.71. The average Bonchev–Trinajstić information content (AvgIpc) is 2.53. The van der Waals surface area contributed by atoms with Crippen molar-refractivity contribution in [3.05, 3.63) is 35.1 Å². The molecule has 1 rings (SSSR count). The van der Waals surface area contributed by atoms with Crippen LogP contribution in [-0.4, -0.2) is 21.3 Å². The van der Waals surface area contributed by atoms with Gasteiger partial charge in [0.2, 0.25) is 0 Å². The van der Waals surface area contributed by atoms with Crippen LogP contribution in [0.5, 0.6) is 0 Å². The van der Waals surface area contributed by atoms with E-state index in [0.717, 1.165) is 44.2 Å². The van der Waals surface area contributed by atoms with Crippen LogP contribution in [0.2, 0.25) is 0 Å². The standard InChI is InChI=1S/C19H29F3O3/c1-2-3-4-5-6-7-10-15(19(23,24)25)11-8-9-14-12-16(20)18(22)17(21)13-14/h12-13,15,23-25H,2-11H2,1H3. The molecule has 1 unspecified atom stereocenters. The van der Waals surface area contributed by atoms with Gasteiger partial charge in [0.15, 0.2) is 17.5 Å². The minimum absolute atomic E-state index is 0.261. The maximum Gasteiger partial charge on any atom is 0.278 e. The third-order valence-corrected chi connectivity index (χ3v) is 4.52. The van der Waals surface area contributed by atoms with Gasteiger partial charge in [0.25, 0.3) is 5.97 Å². The predicted molar refractivity (Wildman–Crippen MR) is 90.1 cm³/mol. The van der Waals surface area contributed by atoms with Crippen LogP contribution in [0.25, 0.3) is 0 Å². The summed E-state index contributed by atoms with van der Waals surface area (Å²) in [5, 5.41) is 28.4. The van der Waals surface area contributed by atoms with Crippen molar-refractivity contribution in [1.29, 1.82) is 0 Å². The van der Waals surface area contributed by atoms with Gasteiger partial charge in [-0.15, -0.1) is 0 Å². The van der Waals surface area contributed by atoms with Gasteiger partial charge in [-0.1, -0.05) is 45.4 Å². The van der Waals surface area contributed by atoms with Crippen LogP contribution in [-0.2, 0) is 6.42 Å². The van der Waals surface area contributed by atoms with Gasteiger partial charge < -0.3 is 15.3 Å². The summed E-state index contributed by atoms with van der Waals surface area (Å²) >= 11 is 0. The van der Waals surface area contributed by atoms with Crippen LogP contribution in [0.3, 0.4) is 0 Å². The first-order valence-electron chi connectivity index (χ1n) is 9.06. The zero-order chi connectivity index (χ0) is 18.9. The smallest absolute Gasteiger partial charge is 0.278 e. The van der Waals surface area contributed by atoms with Crippen LogP contribution >= 0.6 is 0 Å². The highest BCUT2D eigenvalue weighted by Crippen LogP contribution is 2.26. The lowest BCUT2D eigenvalue weighted by atomic mass is 9.91. The Balaban J connectivity index is 2.43. The average molecular weight is 362 g/mol. The Labute approximate surface area is 147 Å². The number of hydrogen-bond donors (Lipinski definition) is 3. The molecule has 1 atom stereocenters. The number of hydrogen-bond acceptors (Lipinski definition) is 3. The van der Waals surface area contributed by atoms with Crippen molar-refractivity contribution in [2.75, 3.05) is 0 Å². The molecule has 0 fully saturated rings. The Morgan fingerprint density at radius 2 is 1.36 bits per heavy atom. The van der Waals surface area contributed by atoms with Crippen molar-refractivity contribution in [3.8, 4) is 0 Å². The summed E-state index contributed by atoms with van der Waals surface area (Å²) in [6, 6.07) is 1.87. The normalized spacial score (nSPS) is 13.2. The number of unbranched alkanes of at least 4 members (excludes halogenated alkanes) is 5. The van der Waals surface area contributed by atoms with Gasteiger partial charge in [0.1, 0.15) is 0 Å². The monoisotopic (exact) mass is 362 g/mol. The fraction of sp³-hybridized carbons (Fsp3) is 0.684. The first-order valence-corrected chi connectivity index (χ1v) is 9.06. The van der Waals surface area contributed by atoms with Crippen molar-refractivity contribution < 1.29 is 28.5 Å². The highest BCUT2D eigenvalue weighted by Gasteiger charge is 2.31. The number of rotatable bonds is 12. The van der Waals surface area contributed by atoms with Gasteiger partial charge in [-0.25, -0.2) is 13.2 Å². The van der Waals surface area contributed by atoms with E-state index in [1.165, 1.54) is 6.42 Å². The molecule has 1 aromatic carbocycles. The molecule has 6 heteroatoms. The minimum atomic E-state index is -2.76. The summed E-state index contributed by atoms with van der Waals surface area (Å²) in [7, 11) is 0. The van der Waals surface area contributed by atoms with E-state index in [9.17, 15) is 28.5 Å². The van der Waals surface area contributed by atoms with Crippen LogP contribution < -0.4 is 0 Å². The van der Waals surface area contributed by atoms with Crippen molar-refractivity contribution in [1.82, 2.24) is 0 Å². The zero-order valence-corrected chi connectivity index (χ0v) is 14.8. The van der Waals surface area contributed by atoms with Crippen LogP contribution in [0.4, 0.5) is 13.2 Å². The van der Waals surface area contributed by atoms with E-state index < -0.39 is 29.3 Å². The number of aliphatic hydroxyl groups is 3. The maximum absolute atomic E-state index is 13.2. The molecule has 3 N–H and O–H groups in total. The lowest BCUT2D eigenvalue weighted by Crippen LogP contribution is -2.37. The summed E-state index contributed by atoms with van der Waals surface area (Å²) in [6.07, 6.45) is 7.69. The quantitative estimate of drug-likeness (QED) is 0.293. The number of halogens is 3. The molecule has 0 aliphatic carbocycles. The lowest BCUT2D eigenvalue weighted by Gasteiger charge is -2.26. The molecule has 0 saturated heterocycles. The summed E-state index contributed by atoms with van der Waals surface area (Å²) in [4.78, 5) is 0. The van der Waals surface area contributed by atoms with E-state index in [0.29, 0.717) is 24.8 Å². The molecule has 0 radical (unpaired) electrons. The fourth-order valence-electron chi connectivity index (χ4n) is 3.01. The first-order chi connectivity index (χ1) is 11.8. The molecule has 0 saturated carbocycles. The van der Waals surface area contributed by atoms with Crippen LogP contribution in [0, 0.1) is 23.4 Å². The molecule has 0 aliphatic rings. The lowest BCUT2D eigenvalue weighted by molar-refractivity contribution is -0.344. The molecule has 0 heterocycles. The summed E-state index contributed by atoms with van der Waals surface area (Å²) < 4.78 is 39.3. The van der Waals surface area contributed by atoms with Crippen molar-refractivity contribution in [2.45, 2.75) is 77.1 Å². The van der Waals surface area contributed by atoms with Gasteiger partial charge >= 0.3 is 0 Å². The van der Waals surface area contributed by atoms with E-state index in [-0.39, 0.29) is 6.42 Å². The minimum Gasteiger partial charge on any atom is -0.343 e. The Kier molecular flexibility index (Phi) is 9.46. The molecule has 3 nitrogen and oxygen atoms in total. The second kappa shape index (κ2) is 10.8. The van der Waals surface area contributed by atoms with Gasteiger partial charge in [0.05, 0.1) is 0 Å². The Morgan fingerprint density at radius 1 is 0.840 bits per heavy atom. The van der Waals surface area contributed by atoms with Gasteiger partial charge in [-0.3, -0.25) is 0 Å². The Bertz CT molecular complexity index is 492. The van der Waals surface area contributed by atoms with E-state index >= 15 is 0 Å². The Morgan fingerprint density at radius 3 is 1.92 bits per heavy atom. The molecule has 0 aromatic heterocycles. The van der Waals surface area contributed by atoms with Gasteiger partial charge in [-0.2, -0.15) is 0 Å². The van der Waals surface area contributed by atoms with Crippen LogP contribution in [0.15, 0.2) is 12.1 Å².